The molecule has 2 aliphatic heterocycles. The summed E-state index contributed by atoms with van der Waals surface area (Å²) in [5.41, 5.74) is -0.440. The van der Waals surface area contributed by atoms with E-state index in [1.807, 2.05) is 20.8 Å². The van der Waals surface area contributed by atoms with Crippen molar-refractivity contribution >= 4 is 0 Å². The quantitative estimate of drug-likeness (QED) is 0.740. The summed E-state index contributed by atoms with van der Waals surface area (Å²) in [4.78, 5) is 1.76. The highest BCUT2D eigenvalue weighted by Gasteiger charge is 2.39. The molecular formula is C15H29NO5. The molecule has 0 aromatic heterocycles. The van der Waals surface area contributed by atoms with Crippen molar-refractivity contribution in [1.29, 1.82) is 0 Å². The maximum Gasteiger partial charge on any atom is 0.217 e. The molecule has 0 aromatic rings. The summed E-state index contributed by atoms with van der Waals surface area (Å²) in [6, 6.07) is -0.143. The second-order valence-corrected chi connectivity index (χ2v) is 6.88. The second-order valence-electron chi connectivity index (χ2n) is 6.88. The number of rotatable bonds is 5. The van der Waals surface area contributed by atoms with Crippen LogP contribution in [0.4, 0.5) is 0 Å². The first-order valence-corrected chi connectivity index (χ1v) is 7.88. The van der Waals surface area contributed by atoms with Crippen LogP contribution in [0, 0.1) is 0 Å². The highest BCUT2D eigenvalue weighted by Crippen LogP contribution is 2.27. The molecule has 2 heterocycles. The number of likely N-dealkylation sites (tertiary alicyclic amines) is 1. The molecule has 0 aromatic carbocycles. The predicted octanol–water partition coefficient (Wildman–Crippen LogP) is 1.06. The number of ether oxygens (including phenoxy) is 3. The number of aliphatic hydroxyl groups excluding tert-OH is 2. The predicted molar refractivity (Wildman–Crippen MR) is 77.5 cm³/mol. The molecule has 4 atom stereocenters. The summed E-state index contributed by atoms with van der Waals surface area (Å²) in [6.07, 6.45) is 2.60. The zero-order valence-corrected chi connectivity index (χ0v) is 13.3. The normalized spacial score (nSPS) is 33.3. The Bertz CT molecular complexity index is 314. The molecule has 0 amide bonds. The van der Waals surface area contributed by atoms with E-state index in [1.54, 1.807) is 4.90 Å². The zero-order chi connectivity index (χ0) is 15.5. The summed E-state index contributed by atoms with van der Waals surface area (Å²) >= 11 is 0. The van der Waals surface area contributed by atoms with Crippen LogP contribution in [0.1, 0.15) is 46.5 Å². The molecule has 0 bridgehead atoms. The highest BCUT2D eigenvalue weighted by atomic mass is 16.7. The minimum atomic E-state index is -1.02. The molecule has 2 N–H and O–H groups in total. The van der Waals surface area contributed by atoms with Crippen molar-refractivity contribution in [3.05, 3.63) is 0 Å². The molecule has 0 spiro atoms. The van der Waals surface area contributed by atoms with Crippen molar-refractivity contribution in [3.63, 3.8) is 0 Å². The first-order valence-electron chi connectivity index (χ1n) is 7.88. The van der Waals surface area contributed by atoms with Gasteiger partial charge in [0.15, 0.2) is 6.29 Å². The molecular weight excluding hydrogens is 274 g/mol. The number of hydrogen-bond acceptors (Lipinski definition) is 6. The Morgan fingerprint density at radius 2 is 2.10 bits per heavy atom. The number of nitrogens with zero attached hydrogens (tertiary/aromatic N) is 1. The van der Waals surface area contributed by atoms with Gasteiger partial charge in [-0.2, -0.15) is 0 Å². The Morgan fingerprint density at radius 3 is 2.67 bits per heavy atom. The van der Waals surface area contributed by atoms with Crippen LogP contribution < -0.4 is 0 Å². The Kier molecular flexibility index (Phi) is 5.99. The lowest BCUT2D eigenvalue weighted by Crippen LogP contribution is -2.46. The Balaban J connectivity index is 1.87. The van der Waals surface area contributed by atoms with Gasteiger partial charge in [-0.05, 0) is 46.5 Å². The van der Waals surface area contributed by atoms with E-state index in [-0.39, 0.29) is 25.0 Å². The molecule has 2 saturated heterocycles. The first kappa shape index (κ1) is 17.1. The van der Waals surface area contributed by atoms with E-state index in [4.69, 9.17) is 14.2 Å². The topological polar surface area (TPSA) is 71.4 Å². The third kappa shape index (κ3) is 5.16. The maximum absolute atomic E-state index is 10.2. The second kappa shape index (κ2) is 7.35. The van der Waals surface area contributed by atoms with E-state index in [0.717, 1.165) is 25.9 Å². The molecule has 2 aliphatic rings. The Morgan fingerprint density at radius 1 is 1.33 bits per heavy atom. The van der Waals surface area contributed by atoms with Crippen LogP contribution in [0.5, 0.6) is 0 Å². The van der Waals surface area contributed by atoms with Crippen molar-refractivity contribution in [2.45, 2.75) is 76.9 Å². The molecule has 0 aliphatic carbocycles. The van der Waals surface area contributed by atoms with Gasteiger partial charge in [-0.25, -0.2) is 4.90 Å². The Labute approximate surface area is 127 Å². The molecule has 124 valence electrons. The molecule has 6 nitrogen and oxygen atoms in total. The van der Waals surface area contributed by atoms with Gasteiger partial charge in [0.1, 0.15) is 0 Å². The largest absolute Gasteiger partial charge is 0.395 e. The lowest BCUT2D eigenvalue weighted by molar-refractivity contribution is -0.247. The molecule has 0 radical (unpaired) electrons. The van der Waals surface area contributed by atoms with E-state index >= 15 is 0 Å². The summed E-state index contributed by atoms with van der Waals surface area (Å²) in [7, 11) is 0. The van der Waals surface area contributed by atoms with E-state index < -0.39 is 12.0 Å². The lowest BCUT2D eigenvalue weighted by Gasteiger charge is -2.32. The van der Waals surface area contributed by atoms with Gasteiger partial charge < -0.3 is 24.4 Å². The molecule has 6 heteroatoms. The number of aliphatic hydroxyl groups is 2. The van der Waals surface area contributed by atoms with Gasteiger partial charge in [-0.1, -0.05) is 0 Å². The van der Waals surface area contributed by atoms with Crippen LogP contribution in [-0.4, -0.2) is 65.3 Å². The van der Waals surface area contributed by atoms with Crippen molar-refractivity contribution in [3.8, 4) is 0 Å². The molecule has 2 fully saturated rings. The van der Waals surface area contributed by atoms with Gasteiger partial charge in [-0.3, -0.25) is 0 Å². The smallest absolute Gasteiger partial charge is 0.217 e. The van der Waals surface area contributed by atoms with Crippen LogP contribution in [-0.2, 0) is 14.2 Å². The van der Waals surface area contributed by atoms with Gasteiger partial charge >= 0.3 is 0 Å². The standard InChI is InChI=1S/C15H29NO5/c1-15(2,3)21-14(18)16-9-12(8-11(16)10-17)20-13-6-4-5-7-19-13/h11-14,17-18H,4-10H2,1-3H3/t11-,12+,13?,14?/m0/s1. The van der Waals surface area contributed by atoms with Crippen molar-refractivity contribution < 1.29 is 24.4 Å². The summed E-state index contributed by atoms with van der Waals surface area (Å²) in [5, 5.41) is 19.7. The van der Waals surface area contributed by atoms with E-state index in [0.29, 0.717) is 13.0 Å². The fraction of sp³-hybridized carbons (Fsp3) is 1.00. The van der Waals surface area contributed by atoms with E-state index in [9.17, 15) is 10.2 Å². The lowest BCUT2D eigenvalue weighted by atomic mass is 10.2. The van der Waals surface area contributed by atoms with Gasteiger partial charge in [0.05, 0.1) is 18.3 Å². The third-order valence-electron chi connectivity index (χ3n) is 3.85. The summed E-state index contributed by atoms with van der Waals surface area (Å²) in [5.74, 6) is 0. The SMILES string of the molecule is CC(C)(C)OC(O)N1C[C@H](OC2CCCCO2)C[C@H]1CO. The molecule has 21 heavy (non-hydrogen) atoms. The van der Waals surface area contributed by atoms with Crippen LogP contribution in [0.25, 0.3) is 0 Å². The van der Waals surface area contributed by atoms with Crippen LogP contribution in [0.2, 0.25) is 0 Å². The monoisotopic (exact) mass is 303 g/mol. The molecule has 0 saturated carbocycles. The van der Waals surface area contributed by atoms with Gasteiger partial charge in [-0.15, -0.1) is 0 Å². The van der Waals surface area contributed by atoms with Crippen LogP contribution in [0.3, 0.4) is 0 Å². The molecule has 2 rings (SSSR count). The zero-order valence-electron chi connectivity index (χ0n) is 13.3. The fourth-order valence-corrected chi connectivity index (χ4v) is 2.86. The van der Waals surface area contributed by atoms with Crippen molar-refractivity contribution in [1.82, 2.24) is 4.90 Å². The van der Waals surface area contributed by atoms with Gasteiger partial charge in [0, 0.05) is 19.2 Å². The summed E-state index contributed by atoms with van der Waals surface area (Å²) in [6.45, 7) is 6.96. The van der Waals surface area contributed by atoms with Crippen molar-refractivity contribution in [2.24, 2.45) is 0 Å². The van der Waals surface area contributed by atoms with E-state index in [2.05, 4.69) is 0 Å². The van der Waals surface area contributed by atoms with E-state index in [1.165, 1.54) is 0 Å². The maximum atomic E-state index is 10.2. The highest BCUT2D eigenvalue weighted by molar-refractivity contribution is 4.86. The van der Waals surface area contributed by atoms with Crippen LogP contribution >= 0.6 is 0 Å². The van der Waals surface area contributed by atoms with Crippen LogP contribution in [0.15, 0.2) is 0 Å². The summed E-state index contributed by atoms with van der Waals surface area (Å²) < 4.78 is 17.1. The van der Waals surface area contributed by atoms with Gasteiger partial charge in [0.25, 0.3) is 0 Å². The van der Waals surface area contributed by atoms with Gasteiger partial charge in [0.2, 0.25) is 6.41 Å². The minimum absolute atomic E-state index is 0.0179. The Hall–Kier alpha value is -0.240. The third-order valence-corrected chi connectivity index (χ3v) is 3.85. The number of hydrogen-bond donors (Lipinski definition) is 2. The minimum Gasteiger partial charge on any atom is -0.395 e. The fourth-order valence-electron chi connectivity index (χ4n) is 2.86. The average molecular weight is 303 g/mol. The molecule has 2 unspecified atom stereocenters. The first-order chi connectivity index (χ1) is 9.89. The average Bonchev–Trinajstić information content (AvgIpc) is 2.81. The van der Waals surface area contributed by atoms with Crippen molar-refractivity contribution in [2.75, 3.05) is 19.8 Å².